The number of rotatable bonds is 2. The van der Waals surface area contributed by atoms with Crippen LogP contribution in [0.25, 0.3) is 0 Å². The van der Waals surface area contributed by atoms with Crippen molar-refractivity contribution >= 4 is 0 Å². The molecule has 0 spiro atoms. The molecule has 0 unspecified atom stereocenters. The fraction of sp³-hybridized carbons (Fsp3) is 0. The number of hydrogen-bond acceptors (Lipinski definition) is 5. The number of hydrogen-bond donors (Lipinski definition) is 2. The van der Waals surface area contributed by atoms with Gasteiger partial charge in [0.2, 0.25) is 0 Å². The average molecular weight is 132 g/mol. The van der Waals surface area contributed by atoms with Crippen LogP contribution in [0.15, 0.2) is 16.7 Å². The molecule has 2 N–H and O–H groups in total. The molecular formula is C4H4O5. The molecule has 0 fully saturated rings. The maximum absolute atomic E-state index is 7.99. The Morgan fingerprint density at radius 3 is 2.56 bits per heavy atom. The minimum atomic E-state index is -0.280. The molecule has 0 amide bonds. The molecule has 0 bridgehead atoms. The summed E-state index contributed by atoms with van der Waals surface area (Å²) < 4.78 is 4.45. The van der Waals surface area contributed by atoms with Gasteiger partial charge in [-0.3, -0.25) is 4.89 Å². The van der Waals surface area contributed by atoms with Gasteiger partial charge in [0.25, 0.3) is 5.75 Å². The molecule has 50 valence electrons. The second-order valence-corrected chi connectivity index (χ2v) is 1.25. The Morgan fingerprint density at radius 1 is 1.33 bits per heavy atom. The molecule has 0 aliphatic carbocycles. The number of furan rings is 1. The lowest BCUT2D eigenvalue weighted by Gasteiger charge is -1.90. The normalized spacial score (nSPS) is 9.11. The van der Waals surface area contributed by atoms with Crippen molar-refractivity contribution in [3.63, 3.8) is 0 Å². The van der Waals surface area contributed by atoms with Gasteiger partial charge in [0.15, 0.2) is 0 Å². The zero-order chi connectivity index (χ0) is 6.69. The van der Waals surface area contributed by atoms with E-state index in [-0.39, 0.29) is 11.7 Å². The van der Waals surface area contributed by atoms with E-state index in [0.29, 0.717) is 0 Å². The van der Waals surface area contributed by atoms with Gasteiger partial charge in [-0.15, -0.1) is 0 Å². The van der Waals surface area contributed by atoms with Crippen molar-refractivity contribution in [2.45, 2.75) is 0 Å². The average Bonchev–Trinajstić information content (AvgIpc) is 2.33. The first-order chi connectivity index (χ1) is 4.38. The van der Waals surface area contributed by atoms with E-state index in [0.717, 1.165) is 0 Å². The van der Waals surface area contributed by atoms with Crippen LogP contribution < -0.4 is 9.78 Å². The van der Waals surface area contributed by atoms with Gasteiger partial charge in [-0.05, 0) is 0 Å². The van der Waals surface area contributed by atoms with E-state index in [9.17, 15) is 0 Å². The molecule has 0 atom stereocenters. The van der Waals surface area contributed by atoms with Crippen LogP contribution in [0.3, 0.4) is 0 Å². The van der Waals surface area contributed by atoms with Crippen molar-refractivity contribution < 1.29 is 24.7 Å². The summed E-state index contributed by atoms with van der Waals surface area (Å²) >= 11 is 0. The highest BCUT2D eigenvalue weighted by Crippen LogP contribution is 2.26. The molecule has 1 aromatic rings. The van der Waals surface area contributed by atoms with Crippen LogP contribution in [-0.2, 0) is 0 Å². The summed E-state index contributed by atoms with van der Waals surface area (Å²) in [6.45, 7) is 0. The highest BCUT2D eigenvalue weighted by molar-refractivity contribution is 5.28. The first-order valence-electron chi connectivity index (χ1n) is 2.09. The quantitative estimate of drug-likeness (QED) is 0.463. The molecule has 1 rings (SSSR count). The topological polar surface area (TPSA) is 72.1 Å². The first-order valence-corrected chi connectivity index (χ1v) is 2.09. The summed E-state index contributed by atoms with van der Waals surface area (Å²) in [5, 5.41) is 15.9. The van der Waals surface area contributed by atoms with Crippen molar-refractivity contribution in [3.05, 3.63) is 12.3 Å². The maximum atomic E-state index is 7.99. The van der Waals surface area contributed by atoms with E-state index in [1.54, 1.807) is 0 Å². The van der Waals surface area contributed by atoms with Crippen LogP contribution in [0.4, 0.5) is 0 Å². The molecular weight excluding hydrogens is 128 g/mol. The lowest BCUT2D eigenvalue weighted by molar-refractivity contribution is -0.175. The molecule has 0 saturated carbocycles. The maximum Gasteiger partial charge on any atom is 0.368 e. The Kier molecular flexibility index (Phi) is 1.57. The Hall–Kier alpha value is -1.20. The first kappa shape index (κ1) is 5.93. The highest BCUT2D eigenvalue weighted by Gasteiger charge is 2.07. The third-order valence-electron chi connectivity index (χ3n) is 0.777. The van der Waals surface area contributed by atoms with Crippen molar-refractivity contribution in [2.24, 2.45) is 0 Å². The monoisotopic (exact) mass is 132 g/mol. The van der Waals surface area contributed by atoms with E-state index in [1.165, 1.54) is 12.3 Å². The second kappa shape index (κ2) is 2.38. The van der Waals surface area contributed by atoms with Gasteiger partial charge in [0, 0.05) is 6.07 Å². The van der Waals surface area contributed by atoms with E-state index in [1.807, 2.05) is 0 Å². The van der Waals surface area contributed by atoms with E-state index >= 15 is 0 Å². The molecule has 5 heteroatoms. The summed E-state index contributed by atoms with van der Waals surface area (Å²) in [7, 11) is 0. The van der Waals surface area contributed by atoms with Gasteiger partial charge in [-0.25, -0.2) is 5.26 Å². The van der Waals surface area contributed by atoms with Crippen molar-refractivity contribution in [1.82, 2.24) is 0 Å². The largest absolute Gasteiger partial charge is 0.429 e. The predicted octanol–water partition coefficient (Wildman–Crippen LogP) is 0.983. The molecule has 0 aliphatic heterocycles. The molecule has 0 saturated heterocycles. The third-order valence-corrected chi connectivity index (χ3v) is 0.777. The van der Waals surface area contributed by atoms with Crippen molar-refractivity contribution in [2.75, 3.05) is 0 Å². The van der Waals surface area contributed by atoms with Gasteiger partial charge in [-0.2, -0.15) is 5.26 Å². The van der Waals surface area contributed by atoms with E-state index in [4.69, 9.17) is 10.5 Å². The fourth-order valence-corrected chi connectivity index (χ4v) is 0.418. The third kappa shape index (κ3) is 0.956. The minimum absolute atomic E-state index is 0.0718. The Morgan fingerprint density at radius 2 is 2.11 bits per heavy atom. The smallest absolute Gasteiger partial charge is 0.368 e. The van der Waals surface area contributed by atoms with Crippen LogP contribution in [0.5, 0.6) is 11.7 Å². The van der Waals surface area contributed by atoms with Crippen LogP contribution in [0.1, 0.15) is 0 Å². The van der Waals surface area contributed by atoms with Crippen LogP contribution in [-0.4, -0.2) is 10.5 Å². The van der Waals surface area contributed by atoms with E-state index < -0.39 is 0 Å². The van der Waals surface area contributed by atoms with Crippen LogP contribution in [0, 0.1) is 0 Å². The summed E-state index contributed by atoms with van der Waals surface area (Å²) in [5.41, 5.74) is 0. The minimum Gasteiger partial charge on any atom is -0.429 e. The highest BCUT2D eigenvalue weighted by atomic mass is 17.1. The van der Waals surface area contributed by atoms with Gasteiger partial charge in [0.05, 0.1) is 6.26 Å². The SMILES string of the molecule is OOc1ccoc1OO. The summed E-state index contributed by atoms with van der Waals surface area (Å²) in [6, 6.07) is 1.28. The second-order valence-electron chi connectivity index (χ2n) is 1.25. The Balaban J connectivity index is 2.85. The van der Waals surface area contributed by atoms with Gasteiger partial charge >= 0.3 is 5.95 Å². The van der Waals surface area contributed by atoms with Crippen molar-refractivity contribution in [3.8, 4) is 11.7 Å². The zero-order valence-corrected chi connectivity index (χ0v) is 4.27. The summed E-state index contributed by atoms with van der Waals surface area (Å²) in [4.78, 5) is 7.32. The van der Waals surface area contributed by atoms with Gasteiger partial charge < -0.3 is 9.30 Å². The summed E-state index contributed by atoms with van der Waals surface area (Å²) in [6.07, 6.45) is 1.19. The summed E-state index contributed by atoms with van der Waals surface area (Å²) in [5.74, 6) is -0.352. The Labute approximate surface area is 49.9 Å². The predicted molar refractivity (Wildman–Crippen MR) is 25.2 cm³/mol. The van der Waals surface area contributed by atoms with Crippen LogP contribution >= 0.6 is 0 Å². The standard InChI is InChI=1S/C4H4O5/c5-8-3-1-2-7-4(3)9-6/h1-2,5-6H. The zero-order valence-electron chi connectivity index (χ0n) is 4.27. The lowest BCUT2D eigenvalue weighted by Crippen LogP contribution is -1.86. The van der Waals surface area contributed by atoms with E-state index in [2.05, 4.69) is 14.2 Å². The van der Waals surface area contributed by atoms with Gasteiger partial charge in [0.1, 0.15) is 0 Å². The van der Waals surface area contributed by atoms with Crippen molar-refractivity contribution in [1.29, 1.82) is 0 Å². The Bertz CT molecular complexity index is 162. The molecule has 0 aliphatic rings. The van der Waals surface area contributed by atoms with Gasteiger partial charge in [-0.1, -0.05) is 0 Å². The fourth-order valence-electron chi connectivity index (χ4n) is 0.418. The molecule has 1 aromatic heterocycles. The van der Waals surface area contributed by atoms with Crippen LogP contribution in [0.2, 0.25) is 0 Å². The molecule has 9 heavy (non-hydrogen) atoms. The molecule has 0 radical (unpaired) electrons. The lowest BCUT2D eigenvalue weighted by atomic mass is 10.6. The molecule has 5 nitrogen and oxygen atoms in total. The molecule has 1 heterocycles. The molecule has 0 aromatic carbocycles.